The topological polar surface area (TPSA) is 36.7 Å². The summed E-state index contributed by atoms with van der Waals surface area (Å²) in [6, 6.07) is 13.6. The van der Waals surface area contributed by atoms with E-state index < -0.39 is 28.1 Å². The van der Waals surface area contributed by atoms with Crippen molar-refractivity contribution in [1.29, 1.82) is 4.78 Å². The van der Waals surface area contributed by atoms with E-state index in [2.05, 4.69) is 4.98 Å². The van der Waals surface area contributed by atoms with Crippen LogP contribution in [-0.2, 0) is 10.7 Å². The largest absolute Gasteiger partial charge is 0.271 e. The molecule has 1 heterocycles. The van der Waals surface area contributed by atoms with Crippen LogP contribution in [-0.4, -0.2) is 4.98 Å². The molecule has 0 bridgehead atoms. The summed E-state index contributed by atoms with van der Waals surface area (Å²) in [7, 11) is -1.59. The molecule has 0 spiro atoms. The van der Waals surface area contributed by atoms with Gasteiger partial charge in [-0.25, -0.2) is 13.2 Å². The van der Waals surface area contributed by atoms with E-state index in [9.17, 15) is 13.2 Å². The van der Waals surface area contributed by atoms with Crippen molar-refractivity contribution in [2.45, 2.75) is 9.79 Å². The lowest BCUT2D eigenvalue weighted by atomic mass is 10.1. The van der Waals surface area contributed by atoms with Crippen LogP contribution >= 0.6 is 0 Å². The predicted octanol–water partition coefficient (Wildman–Crippen LogP) is 4.96. The molecule has 0 saturated carbocycles. The van der Waals surface area contributed by atoms with E-state index in [4.69, 9.17) is 4.78 Å². The quantitative estimate of drug-likeness (QED) is 0.676. The molecule has 2 nitrogen and oxygen atoms in total. The van der Waals surface area contributed by atoms with Crippen LogP contribution in [0, 0.1) is 22.2 Å². The second kappa shape index (κ2) is 6.34. The van der Waals surface area contributed by atoms with Crippen LogP contribution in [0.4, 0.5) is 13.2 Å². The molecule has 1 unspecified atom stereocenters. The summed E-state index contributed by atoms with van der Waals surface area (Å²) in [6.45, 7) is 0. The van der Waals surface area contributed by atoms with Crippen LogP contribution in [0.1, 0.15) is 0 Å². The first-order valence-corrected chi connectivity index (χ1v) is 7.91. The molecule has 3 aromatic rings. The molecule has 0 aliphatic rings. The lowest BCUT2D eigenvalue weighted by Gasteiger charge is -2.14. The molecule has 0 aliphatic carbocycles. The van der Waals surface area contributed by atoms with Gasteiger partial charge in [0.15, 0.2) is 11.6 Å². The lowest BCUT2D eigenvalue weighted by molar-refractivity contribution is 0.478. The van der Waals surface area contributed by atoms with E-state index in [1.165, 1.54) is 12.3 Å². The van der Waals surface area contributed by atoms with Crippen molar-refractivity contribution < 1.29 is 13.2 Å². The van der Waals surface area contributed by atoms with Gasteiger partial charge in [0.1, 0.15) is 5.82 Å². The Morgan fingerprint density at radius 3 is 2.22 bits per heavy atom. The summed E-state index contributed by atoms with van der Waals surface area (Å²) in [6.07, 6.45) is 1.43. The smallest absolute Gasteiger partial charge is 0.174 e. The number of nitrogens with zero attached hydrogens (tertiary/aromatic N) is 1. The van der Waals surface area contributed by atoms with Gasteiger partial charge in [-0.3, -0.25) is 9.76 Å². The maximum absolute atomic E-state index is 14.4. The number of halogens is 3. The minimum atomic E-state index is -1.59. The van der Waals surface area contributed by atoms with Gasteiger partial charge in [-0.2, -0.15) is 0 Å². The Kier molecular flexibility index (Phi) is 4.25. The minimum Gasteiger partial charge on any atom is -0.271 e. The first-order chi connectivity index (χ1) is 11.1. The van der Waals surface area contributed by atoms with E-state index in [-0.39, 0.29) is 16.2 Å². The normalized spacial score (nSPS) is 12.1. The monoisotopic (exact) mass is 332 g/mol. The van der Waals surface area contributed by atoms with E-state index in [1.807, 2.05) is 0 Å². The first-order valence-electron chi connectivity index (χ1n) is 6.69. The van der Waals surface area contributed by atoms with Crippen molar-refractivity contribution in [2.75, 3.05) is 0 Å². The average Bonchev–Trinajstić information content (AvgIpc) is 2.59. The molecule has 1 N–H and O–H groups in total. The number of nitrogens with one attached hydrogen (secondary N) is 1. The standard InChI is InChI=1S/C17H11F3N2S/c18-12-10-13(19)16(20)17(15(12)14-8-4-5-9-22-14)23(21)11-6-2-1-3-7-11/h1-10,21H. The van der Waals surface area contributed by atoms with Crippen molar-refractivity contribution >= 4 is 10.7 Å². The molecule has 1 aromatic heterocycles. The van der Waals surface area contributed by atoms with E-state index in [0.717, 1.165) is 0 Å². The summed E-state index contributed by atoms with van der Waals surface area (Å²) in [4.78, 5) is 4.15. The van der Waals surface area contributed by atoms with Gasteiger partial charge in [-0.05, 0) is 35.0 Å². The third-order valence-corrected chi connectivity index (χ3v) is 4.77. The van der Waals surface area contributed by atoms with E-state index in [0.29, 0.717) is 11.0 Å². The molecule has 6 heteroatoms. The molecule has 23 heavy (non-hydrogen) atoms. The Bertz CT molecular complexity index is 868. The summed E-state index contributed by atoms with van der Waals surface area (Å²) in [5.74, 6) is -3.45. The zero-order valence-corrected chi connectivity index (χ0v) is 12.6. The number of benzene rings is 2. The SMILES string of the molecule is N=S(c1ccccc1)c1c(F)c(F)cc(F)c1-c1ccccn1. The molecule has 3 rings (SSSR count). The zero-order valence-electron chi connectivity index (χ0n) is 11.8. The van der Waals surface area contributed by atoms with Crippen LogP contribution < -0.4 is 0 Å². The third kappa shape index (κ3) is 2.90. The van der Waals surface area contributed by atoms with Crippen molar-refractivity contribution in [1.82, 2.24) is 4.98 Å². The van der Waals surface area contributed by atoms with Crippen molar-refractivity contribution in [3.05, 3.63) is 78.2 Å². The molecule has 1 atom stereocenters. The third-order valence-electron chi connectivity index (χ3n) is 3.23. The van der Waals surface area contributed by atoms with Crippen LogP contribution in [0.3, 0.4) is 0 Å². The number of hydrogen-bond donors (Lipinski definition) is 1. The highest BCUT2D eigenvalue weighted by molar-refractivity contribution is 7.86. The summed E-state index contributed by atoms with van der Waals surface area (Å²) in [5.41, 5.74) is -0.00809. The maximum Gasteiger partial charge on any atom is 0.174 e. The minimum absolute atomic E-state index is 0.166. The van der Waals surface area contributed by atoms with Crippen molar-refractivity contribution in [2.24, 2.45) is 0 Å². The Labute approximate surface area is 133 Å². The van der Waals surface area contributed by atoms with Gasteiger partial charge in [0, 0.05) is 17.2 Å². The predicted molar refractivity (Wildman–Crippen MR) is 82.6 cm³/mol. The van der Waals surface area contributed by atoms with Gasteiger partial charge in [0.2, 0.25) is 0 Å². The average molecular weight is 332 g/mol. The highest BCUT2D eigenvalue weighted by Crippen LogP contribution is 2.34. The number of rotatable bonds is 3. The van der Waals surface area contributed by atoms with Gasteiger partial charge in [-0.15, -0.1) is 0 Å². The van der Waals surface area contributed by atoms with Crippen molar-refractivity contribution in [3.8, 4) is 11.3 Å². The van der Waals surface area contributed by atoms with Crippen LogP contribution in [0.5, 0.6) is 0 Å². The zero-order chi connectivity index (χ0) is 16.4. The highest BCUT2D eigenvalue weighted by atomic mass is 32.2. The second-order valence-electron chi connectivity index (χ2n) is 4.69. The Hall–Kier alpha value is -2.47. The second-order valence-corrected chi connectivity index (χ2v) is 6.18. The fourth-order valence-electron chi connectivity index (χ4n) is 2.19. The molecular formula is C17H11F3N2S. The van der Waals surface area contributed by atoms with E-state index in [1.54, 1.807) is 42.5 Å². The van der Waals surface area contributed by atoms with Crippen LogP contribution in [0.15, 0.2) is 70.6 Å². The van der Waals surface area contributed by atoms with Gasteiger partial charge < -0.3 is 0 Å². The Morgan fingerprint density at radius 1 is 0.870 bits per heavy atom. The van der Waals surface area contributed by atoms with Gasteiger partial charge in [-0.1, -0.05) is 24.3 Å². The molecule has 2 aromatic carbocycles. The fraction of sp³-hybridized carbons (Fsp3) is 0. The molecular weight excluding hydrogens is 321 g/mol. The van der Waals surface area contributed by atoms with Crippen LogP contribution in [0.2, 0.25) is 0 Å². The summed E-state index contributed by atoms with van der Waals surface area (Å²) >= 11 is 0. The number of pyridine rings is 1. The number of hydrogen-bond acceptors (Lipinski definition) is 2. The Balaban J connectivity index is 2.29. The highest BCUT2D eigenvalue weighted by Gasteiger charge is 2.24. The first kappa shape index (κ1) is 15.4. The Morgan fingerprint density at radius 2 is 1.57 bits per heavy atom. The van der Waals surface area contributed by atoms with Gasteiger partial charge >= 0.3 is 0 Å². The van der Waals surface area contributed by atoms with Gasteiger partial charge in [0.25, 0.3) is 0 Å². The van der Waals surface area contributed by atoms with E-state index >= 15 is 0 Å². The lowest BCUT2D eigenvalue weighted by Crippen LogP contribution is -2.04. The summed E-state index contributed by atoms with van der Waals surface area (Å²) < 4.78 is 50.7. The maximum atomic E-state index is 14.4. The molecule has 0 fully saturated rings. The van der Waals surface area contributed by atoms with Gasteiger partial charge in [0.05, 0.1) is 16.2 Å². The molecule has 0 aliphatic heterocycles. The molecule has 0 radical (unpaired) electrons. The molecule has 0 saturated heterocycles. The number of aromatic nitrogens is 1. The fourth-order valence-corrected chi connectivity index (χ4v) is 3.54. The summed E-state index contributed by atoms with van der Waals surface area (Å²) in [5, 5.41) is 0. The van der Waals surface area contributed by atoms with Crippen molar-refractivity contribution in [3.63, 3.8) is 0 Å². The van der Waals surface area contributed by atoms with Crippen LogP contribution in [0.25, 0.3) is 11.3 Å². The molecule has 0 amide bonds. The molecule has 116 valence electrons.